The first-order valence-corrected chi connectivity index (χ1v) is 11.0. The maximum absolute atomic E-state index is 13.1. The molecule has 0 radical (unpaired) electrons. The highest BCUT2D eigenvalue weighted by molar-refractivity contribution is 7.90. The second kappa shape index (κ2) is 7.79. The Hall–Kier alpha value is -2.66. The lowest BCUT2D eigenvalue weighted by Crippen LogP contribution is -2.45. The van der Waals surface area contributed by atoms with Crippen LogP contribution in [-0.4, -0.2) is 46.8 Å². The van der Waals surface area contributed by atoms with Crippen LogP contribution in [0.15, 0.2) is 53.1 Å². The van der Waals surface area contributed by atoms with Gasteiger partial charge in [0, 0.05) is 12.1 Å². The zero-order valence-electron chi connectivity index (χ0n) is 16.5. The molecule has 2 aliphatic rings. The molecule has 4 rings (SSSR count). The highest BCUT2D eigenvalue weighted by Gasteiger charge is 2.44. The average molecular weight is 455 g/mol. The zero-order chi connectivity index (χ0) is 22.3. The molecule has 166 valence electrons. The summed E-state index contributed by atoms with van der Waals surface area (Å²) in [5, 5.41) is 3.34. The van der Waals surface area contributed by atoms with E-state index in [1.54, 1.807) is 31.2 Å². The third-order valence-corrected chi connectivity index (χ3v) is 7.83. The van der Waals surface area contributed by atoms with E-state index >= 15 is 0 Å². The lowest BCUT2D eigenvalue weighted by molar-refractivity contribution is -0.159. The summed E-state index contributed by atoms with van der Waals surface area (Å²) in [6.07, 6.45) is 3.04. The molecule has 2 atom stereocenters. The van der Waals surface area contributed by atoms with Crippen LogP contribution in [-0.2, 0) is 16.2 Å². The number of alkyl halides is 3. The molecule has 0 saturated carbocycles. The maximum atomic E-state index is 13.1. The van der Waals surface area contributed by atoms with Gasteiger partial charge in [0.1, 0.15) is 16.6 Å². The third kappa shape index (κ3) is 4.24. The largest absolute Gasteiger partial charge is 0.489 e. The molecule has 1 aromatic carbocycles. The normalized spacial score (nSPS) is 24.6. The van der Waals surface area contributed by atoms with Crippen molar-refractivity contribution in [2.45, 2.75) is 36.8 Å². The third-order valence-electron chi connectivity index (χ3n) is 5.34. The smallest absolute Gasteiger partial charge is 0.471 e. The van der Waals surface area contributed by atoms with Crippen molar-refractivity contribution in [2.75, 3.05) is 13.1 Å². The van der Waals surface area contributed by atoms with Gasteiger partial charge in [-0.3, -0.25) is 0 Å². The predicted molar refractivity (Wildman–Crippen MR) is 106 cm³/mol. The highest BCUT2D eigenvalue weighted by atomic mass is 32.2. The molecule has 0 bridgehead atoms. The number of hydrogen-bond acceptors (Lipinski definition) is 6. The molecule has 1 aliphatic carbocycles. The van der Waals surface area contributed by atoms with Crippen molar-refractivity contribution in [3.05, 3.63) is 54.5 Å². The summed E-state index contributed by atoms with van der Waals surface area (Å²) in [5.74, 6) is -1.12. The van der Waals surface area contributed by atoms with Crippen molar-refractivity contribution < 1.29 is 30.8 Å². The molecule has 2 aromatic rings. The number of nitrogens with zero attached hydrogens (tertiary/aromatic N) is 3. The van der Waals surface area contributed by atoms with Gasteiger partial charge < -0.3 is 9.26 Å². The van der Waals surface area contributed by atoms with Crippen LogP contribution in [0, 0.1) is 0 Å². The van der Waals surface area contributed by atoms with Gasteiger partial charge in [0.2, 0.25) is 15.8 Å². The first-order chi connectivity index (χ1) is 14.6. The summed E-state index contributed by atoms with van der Waals surface area (Å²) in [6.45, 7) is 2.30. The fourth-order valence-electron chi connectivity index (χ4n) is 3.54. The van der Waals surface area contributed by atoms with Gasteiger partial charge in [0.15, 0.2) is 0 Å². The Morgan fingerprint density at radius 3 is 2.58 bits per heavy atom. The number of rotatable bonds is 5. The molecule has 0 amide bonds. The van der Waals surface area contributed by atoms with Gasteiger partial charge in [-0.05, 0) is 44.0 Å². The summed E-state index contributed by atoms with van der Waals surface area (Å²) in [6, 6.07) is 6.19. The van der Waals surface area contributed by atoms with E-state index in [1.807, 2.05) is 12.2 Å². The van der Waals surface area contributed by atoms with Crippen LogP contribution in [0.4, 0.5) is 13.2 Å². The van der Waals surface area contributed by atoms with Gasteiger partial charge in [-0.25, -0.2) is 8.42 Å². The zero-order valence-corrected chi connectivity index (χ0v) is 17.4. The van der Waals surface area contributed by atoms with E-state index in [2.05, 4.69) is 14.7 Å². The molecule has 0 spiro atoms. The molecule has 11 heteroatoms. The summed E-state index contributed by atoms with van der Waals surface area (Å²) in [7, 11) is -3.54. The van der Waals surface area contributed by atoms with Crippen LogP contribution in [0.25, 0.3) is 11.4 Å². The molecule has 1 aromatic heterocycles. The highest BCUT2D eigenvalue weighted by Crippen LogP contribution is 2.33. The Bertz CT molecular complexity index is 1110. The van der Waals surface area contributed by atoms with E-state index < -0.39 is 26.8 Å². The predicted octanol–water partition coefficient (Wildman–Crippen LogP) is 3.81. The molecule has 1 fully saturated rings. The SMILES string of the molecule is CC1(S(=O)(=O)N2CCC(Oc3ccc(-c4noc(C(F)(F)F)n4)cc3)C2)C=CC=CC1. The second-order valence-electron chi connectivity index (χ2n) is 7.64. The maximum Gasteiger partial charge on any atom is 0.471 e. The molecule has 1 saturated heterocycles. The quantitative estimate of drug-likeness (QED) is 0.682. The lowest BCUT2D eigenvalue weighted by atomic mass is 10.0. The number of ether oxygens (including phenoxy) is 1. The number of benzene rings is 1. The summed E-state index contributed by atoms with van der Waals surface area (Å²) >= 11 is 0. The van der Waals surface area contributed by atoms with Crippen molar-refractivity contribution in [3.8, 4) is 17.1 Å². The van der Waals surface area contributed by atoms with Gasteiger partial charge in [-0.1, -0.05) is 29.5 Å². The van der Waals surface area contributed by atoms with Crippen LogP contribution in [0.3, 0.4) is 0 Å². The van der Waals surface area contributed by atoms with E-state index in [0.29, 0.717) is 30.7 Å². The van der Waals surface area contributed by atoms with Crippen molar-refractivity contribution in [1.82, 2.24) is 14.4 Å². The lowest BCUT2D eigenvalue weighted by Gasteiger charge is -2.31. The summed E-state index contributed by atoms with van der Waals surface area (Å²) in [4.78, 5) is 3.35. The molecular weight excluding hydrogens is 435 g/mol. The number of allylic oxidation sites excluding steroid dienone is 3. The molecule has 2 unspecified atom stereocenters. The van der Waals surface area contributed by atoms with Gasteiger partial charge in [0.25, 0.3) is 0 Å². The van der Waals surface area contributed by atoms with E-state index in [1.165, 1.54) is 16.4 Å². The number of halogens is 3. The Morgan fingerprint density at radius 2 is 1.97 bits per heavy atom. The fourth-order valence-corrected chi connectivity index (χ4v) is 5.39. The van der Waals surface area contributed by atoms with Gasteiger partial charge in [0.05, 0.1) is 6.54 Å². The first kappa shape index (κ1) is 21.6. The van der Waals surface area contributed by atoms with Crippen LogP contribution in [0.2, 0.25) is 0 Å². The number of sulfonamides is 1. The molecule has 0 N–H and O–H groups in total. The van der Waals surface area contributed by atoms with Crippen LogP contribution in [0.5, 0.6) is 5.75 Å². The van der Waals surface area contributed by atoms with E-state index in [4.69, 9.17) is 4.74 Å². The molecule has 1 aliphatic heterocycles. The van der Waals surface area contributed by atoms with E-state index in [0.717, 1.165) is 0 Å². The number of hydrogen-bond donors (Lipinski definition) is 0. The minimum Gasteiger partial charge on any atom is -0.489 e. The van der Waals surface area contributed by atoms with Crippen LogP contribution < -0.4 is 4.74 Å². The minimum absolute atomic E-state index is 0.181. The Balaban J connectivity index is 1.40. The van der Waals surface area contributed by atoms with Crippen molar-refractivity contribution >= 4 is 10.0 Å². The fraction of sp³-hybridized carbons (Fsp3) is 0.400. The standard InChI is InChI=1S/C20H20F3N3O4S/c1-19(10-3-2-4-11-19)31(27,28)26-12-9-16(13-26)29-15-7-5-14(6-8-15)17-24-18(30-25-17)20(21,22)23/h2-8,10,16H,9,11-13H2,1H3. The molecule has 2 heterocycles. The van der Waals surface area contributed by atoms with E-state index in [9.17, 15) is 21.6 Å². The Labute approximate surface area is 177 Å². The first-order valence-electron chi connectivity index (χ1n) is 9.61. The monoisotopic (exact) mass is 455 g/mol. The van der Waals surface area contributed by atoms with Crippen LogP contribution >= 0.6 is 0 Å². The summed E-state index contributed by atoms with van der Waals surface area (Å²) in [5.41, 5.74) is 0.340. The van der Waals surface area contributed by atoms with E-state index in [-0.39, 0.29) is 18.5 Å². The van der Waals surface area contributed by atoms with Crippen molar-refractivity contribution in [2.24, 2.45) is 0 Å². The van der Waals surface area contributed by atoms with Gasteiger partial charge in [-0.15, -0.1) is 0 Å². The Kier molecular flexibility index (Phi) is 5.42. The second-order valence-corrected chi connectivity index (χ2v) is 10.0. The summed E-state index contributed by atoms with van der Waals surface area (Å²) < 4.78 is 74.5. The molecule has 7 nitrogen and oxygen atoms in total. The topological polar surface area (TPSA) is 85.5 Å². The van der Waals surface area contributed by atoms with Gasteiger partial charge >= 0.3 is 12.1 Å². The van der Waals surface area contributed by atoms with Crippen LogP contribution in [0.1, 0.15) is 25.7 Å². The van der Waals surface area contributed by atoms with Crippen molar-refractivity contribution in [3.63, 3.8) is 0 Å². The van der Waals surface area contributed by atoms with Gasteiger partial charge in [-0.2, -0.15) is 22.5 Å². The van der Waals surface area contributed by atoms with Crippen molar-refractivity contribution in [1.29, 1.82) is 0 Å². The average Bonchev–Trinajstić information content (AvgIpc) is 3.39. The molecular formula is C20H20F3N3O4S. The molecule has 31 heavy (non-hydrogen) atoms. The Morgan fingerprint density at radius 1 is 1.23 bits per heavy atom. The minimum atomic E-state index is -4.70. The number of aromatic nitrogens is 2.